The molecule has 0 saturated carbocycles. The summed E-state index contributed by atoms with van der Waals surface area (Å²) in [5, 5.41) is 4.65. The Balaban J connectivity index is 1.35. The van der Waals surface area contributed by atoms with Crippen molar-refractivity contribution < 1.29 is 4.42 Å². The van der Waals surface area contributed by atoms with Crippen LogP contribution in [0.4, 0.5) is 17.1 Å². The Hall–Kier alpha value is -5.60. The lowest BCUT2D eigenvalue weighted by Gasteiger charge is -2.27. The average Bonchev–Trinajstić information content (AvgIpc) is 3.46. The zero-order chi connectivity index (χ0) is 27.9. The second-order valence-corrected chi connectivity index (χ2v) is 10.6. The summed E-state index contributed by atoms with van der Waals surface area (Å²) in [6.45, 7) is 0. The van der Waals surface area contributed by atoms with E-state index >= 15 is 0 Å². The van der Waals surface area contributed by atoms with Gasteiger partial charge in [-0.05, 0) is 76.2 Å². The van der Waals surface area contributed by atoms with Crippen molar-refractivity contribution in [3.8, 4) is 22.3 Å². The van der Waals surface area contributed by atoms with Gasteiger partial charge in [-0.1, -0.05) is 115 Å². The van der Waals surface area contributed by atoms with Gasteiger partial charge in [0, 0.05) is 27.5 Å². The van der Waals surface area contributed by atoms with Crippen molar-refractivity contribution in [2.24, 2.45) is 0 Å². The molecule has 2 heteroatoms. The van der Waals surface area contributed by atoms with E-state index in [0.29, 0.717) is 0 Å². The number of anilines is 3. The van der Waals surface area contributed by atoms with Crippen LogP contribution in [0.2, 0.25) is 0 Å². The summed E-state index contributed by atoms with van der Waals surface area (Å²) in [6.07, 6.45) is 0. The smallest absolute Gasteiger partial charge is 0.136 e. The summed E-state index contributed by atoms with van der Waals surface area (Å²) < 4.78 is 6.24. The molecule has 0 aliphatic heterocycles. The molecule has 0 unspecified atom stereocenters. The molecule has 2 nitrogen and oxygen atoms in total. The van der Waals surface area contributed by atoms with Gasteiger partial charge in [-0.2, -0.15) is 0 Å². The first-order chi connectivity index (χ1) is 20.8. The van der Waals surface area contributed by atoms with Gasteiger partial charge < -0.3 is 9.32 Å². The molecule has 0 N–H and O–H groups in total. The summed E-state index contributed by atoms with van der Waals surface area (Å²) in [5.74, 6) is 0. The number of rotatable bonds is 5. The van der Waals surface area contributed by atoms with Crippen molar-refractivity contribution in [3.63, 3.8) is 0 Å². The highest BCUT2D eigenvalue weighted by atomic mass is 16.3. The molecule has 1 aromatic heterocycles. The summed E-state index contributed by atoms with van der Waals surface area (Å²) in [4.78, 5) is 2.37. The zero-order valence-corrected chi connectivity index (χ0v) is 22.9. The van der Waals surface area contributed by atoms with Crippen molar-refractivity contribution in [3.05, 3.63) is 164 Å². The van der Waals surface area contributed by atoms with Crippen LogP contribution < -0.4 is 4.90 Å². The second kappa shape index (κ2) is 10.1. The van der Waals surface area contributed by atoms with E-state index in [-0.39, 0.29) is 0 Å². The SMILES string of the molecule is c1ccc(-c2ccc(N(c3cccc(-c4ccccc4)c3)c3cccc4c3ccc3oc5ccccc5c34)cc2)cc1. The number of nitrogens with zero attached hydrogens (tertiary/aromatic N) is 1. The average molecular weight is 538 g/mol. The Morgan fingerprint density at radius 3 is 1.76 bits per heavy atom. The van der Waals surface area contributed by atoms with Crippen LogP contribution >= 0.6 is 0 Å². The molecule has 1 heterocycles. The van der Waals surface area contributed by atoms with E-state index in [2.05, 4.69) is 157 Å². The summed E-state index contributed by atoms with van der Waals surface area (Å²) >= 11 is 0. The van der Waals surface area contributed by atoms with Crippen LogP contribution in [0.15, 0.2) is 168 Å². The number of para-hydroxylation sites is 1. The number of furan rings is 1. The van der Waals surface area contributed by atoms with Crippen LogP contribution in [0.5, 0.6) is 0 Å². The van der Waals surface area contributed by atoms with E-state index in [4.69, 9.17) is 4.42 Å². The predicted molar refractivity (Wildman–Crippen MR) is 177 cm³/mol. The molecule has 198 valence electrons. The van der Waals surface area contributed by atoms with Gasteiger partial charge in [-0.25, -0.2) is 0 Å². The molecule has 0 fully saturated rings. The van der Waals surface area contributed by atoms with Gasteiger partial charge in [-0.15, -0.1) is 0 Å². The van der Waals surface area contributed by atoms with E-state index in [1.54, 1.807) is 0 Å². The molecule has 0 radical (unpaired) electrons. The van der Waals surface area contributed by atoms with Crippen LogP contribution in [0, 0.1) is 0 Å². The van der Waals surface area contributed by atoms with Crippen molar-refractivity contribution in [1.29, 1.82) is 0 Å². The van der Waals surface area contributed by atoms with Crippen molar-refractivity contribution in [2.75, 3.05) is 4.90 Å². The highest BCUT2D eigenvalue weighted by Crippen LogP contribution is 2.43. The largest absolute Gasteiger partial charge is 0.456 e. The normalized spacial score (nSPS) is 11.3. The fraction of sp³-hybridized carbons (Fsp3) is 0. The maximum atomic E-state index is 6.24. The third-order valence-electron chi connectivity index (χ3n) is 8.06. The van der Waals surface area contributed by atoms with Gasteiger partial charge in [0.15, 0.2) is 0 Å². The van der Waals surface area contributed by atoms with Crippen LogP contribution in [-0.2, 0) is 0 Å². The molecular formula is C40H27NO. The van der Waals surface area contributed by atoms with Gasteiger partial charge in [0.25, 0.3) is 0 Å². The molecule has 0 aliphatic carbocycles. The molecule has 8 aromatic rings. The molecule has 0 spiro atoms. The molecule has 0 amide bonds. The van der Waals surface area contributed by atoms with Gasteiger partial charge in [0.2, 0.25) is 0 Å². The third kappa shape index (κ3) is 4.13. The van der Waals surface area contributed by atoms with Crippen LogP contribution in [0.3, 0.4) is 0 Å². The highest BCUT2D eigenvalue weighted by molar-refractivity contribution is 6.21. The molecule has 0 bridgehead atoms. The fourth-order valence-corrected chi connectivity index (χ4v) is 6.08. The third-order valence-corrected chi connectivity index (χ3v) is 8.06. The zero-order valence-electron chi connectivity index (χ0n) is 22.9. The lowest BCUT2D eigenvalue weighted by Crippen LogP contribution is -2.10. The number of hydrogen-bond donors (Lipinski definition) is 0. The van der Waals surface area contributed by atoms with Crippen molar-refractivity contribution in [2.45, 2.75) is 0 Å². The highest BCUT2D eigenvalue weighted by Gasteiger charge is 2.18. The molecule has 8 rings (SSSR count). The Morgan fingerprint density at radius 2 is 0.976 bits per heavy atom. The maximum absolute atomic E-state index is 6.24. The summed E-state index contributed by atoms with van der Waals surface area (Å²) in [6, 6.07) is 58.0. The Morgan fingerprint density at radius 1 is 0.357 bits per heavy atom. The van der Waals surface area contributed by atoms with Gasteiger partial charge in [0.1, 0.15) is 11.2 Å². The van der Waals surface area contributed by atoms with Crippen molar-refractivity contribution in [1.82, 2.24) is 0 Å². The quantitative estimate of drug-likeness (QED) is 0.217. The lowest BCUT2D eigenvalue weighted by molar-refractivity contribution is 0.669. The summed E-state index contributed by atoms with van der Waals surface area (Å²) in [7, 11) is 0. The first-order valence-corrected chi connectivity index (χ1v) is 14.3. The van der Waals surface area contributed by atoms with E-state index < -0.39 is 0 Å². The molecule has 42 heavy (non-hydrogen) atoms. The molecule has 7 aromatic carbocycles. The topological polar surface area (TPSA) is 16.4 Å². The standard InChI is InChI=1S/C40H27NO/c1-3-11-28(12-4-1)30-21-23-32(24-22-30)41(33-16-9-15-31(27-33)29-13-5-2-6-14-29)37-19-10-18-35-34(37)25-26-39-40(35)36-17-7-8-20-38(36)42-39/h1-27H. The van der Waals surface area contributed by atoms with Crippen LogP contribution in [0.1, 0.15) is 0 Å². The van der Waals surface area contributed by atoms with E-state index in [0.717, 1.165) is 39.0 Å². The Bertz CT molecular complexity index is 2180. The van der Waals surface area contributed by atoms with Gasteiger partial charge in [0.05, 0.1) is 5.69 Å². The maximum Gasteiger partial charge on any atom is 0.136 e. The second-order valence-electron chi connectivity index (χ2n) is 10.6. The number of benzene rings is 7. The van der Waals surface area contributed by atoms with Crippen LogP contribution in [0.25, 0.3) is 55.0 Å². The monoisotopic (exact) mass is 537 g/mol. The fourth-order valence-electron chi connectivity index (χ4n) is 6.08. The Kier molecular flexibility index (Phi) is 5.82. The first kappa shape index (κ1) is 24.2. The molecule has 0 saturated heterocycles. The number of fused-ring (bicyclic) bond motifs is 5. The van der Waals surface area contributed by atoms with Gasteiger partial charge >= 0.3 is 0 Å². The first-order valence-electron chi connectivity index (χ1n) is 14.3. The van der Waals surface area contributed by atoms with Crippen LogP contribution in [-0.4, -0.2) is 0 Å². The summed E-state index contributed by atoms with van der Waals surface area (Å²) in [5.41, 5.74) is 9.93. The lowest BCUT2D eigenvalue weighted by atomic mass is 10.00. The molecule has 0 atom stereocenters. The van der Waals surface area contributed by atoms with Gasteiger partial charge in [-0.3, -0.25) is 0 Å². The number of hydrogen-bond acceptors (Lipinski definition) is 2. The van der Waals surface area contributed by atoms with E-state index in [1.165, 1.54) is 33.0 Å². The minimum absolute atomic E-state index is 0.908. The molecule has 0 aliphatic rings. The predicted octanol–water partition coefficient (Wildman–Crippen LogP) is 11.5. The van der Waals surface area contributed by atoms with E-state index in [9.17, 15) is 0 Å². The van der Waals surface area contributed by atoms with E-state index in [1.807, 2.05) is 12.1 Å². The minimum atomic E-state index is 0.908. The van der Waals surface area contributed by atoms with Crippen molar-refractivity contribution >= 4 is 49.8 Å². The minimum Gasteiger partial charge on any atom is -0.456 e. The Labute approximate surface area is 244 Å². The molecular weight excluding hydrogens is 510 g/mol.